The van der Waals surface area contributed by atoms with Crippen molar-refractivity contribution in [1.29, 1.82) is 0 Å². The van der Waals surface area contributed by atoms with Crippen molar-refractivity contribution < 1.29 is 9.53 Å². The molecule has 2 bridgehead atoms. The SMILES string of the molecule is CCOc1ccc(CCC(=O)NC2CC3CCC(C2)N3)cc1.Cl. The second-order valence-electron chi connectivity index (χ2n) is 6.45. The zero-order chi connectivity index (χ0) is 15.4. The Labute approximate surface area is 144 Å². The van der Waals surface area contributed by atoms with Gasteiger partial charge in [0.1, 0.15) is 5.75 Å². The molecule has 0 spiro atoms. The number of ether oxygens (including phenoxy) is 1. The Hall–Kier alpha value is -1.26. The molecule has 1 amide bonds. The molecule has 2 aliphatic rings. The van der Waals surface area contributed by atoms with Gasteiger partial charge in [-0.25, -0.2) is 0 Å². The molecule has 2 N–H and O–H groups in total. The lowest BCUT2D eigenvalue weighted by Gasteiger charge is -2.29. The van der Waals surface area contributed by atoms with Crippen molar-refractivity contribution in [2.45, 2.75) is 63.6 Å². The molecule has 128 valence electrons. The summed E-state index contributed by atoms with van der Waals surface area (Å²) in [6, 6.07) is 9.64. The molecule has 0 aliphatic carbocycles. The lowest BCUT2D eigenvalue weighted by Crippen LogP contribution is -2.48. The van der Waals surface area contributed by atoms with Crippen LogP contribution in [-0.2, 0) is 11.2 Å². The number of fused-ring (bicyclic) bond motifs is 2. The van der Waals surface area contributed by atoms with Crippen LogP contribution in [0.25, 0.3) is 0 Å². The second-order valence-corrected chi connectivity index (χ2v) is 6.45. The highest BCUT2D eigenvalue weighted by Gasteiger charge is 2.33. The molecule has 0 saturated carbocycles. The van der Waals surface area contributed by atoms with E-state index in [2.05, 4.69) is 10.6 Å². The van der Waals surface area contributed by atoms with E-state index in [4.69, 9.17) is 4.74 Å². The molecular formula is C18H27ClN2O2. The van der Waals surface area contributed by atoms with Crippen LogP contribution in [0.1, 0.15) is 44.6 Å². The smallest absolute Gasteiger partial charge is 0.220 e. The standard InChI is InChI=1S/C18H26N2O2.ClH/c1-2-22-17-8-3-13(4-9-17)5-10-18(21)20-16-11-14-6-7-15(12-16)19-14;/h3-4,8-9,14-16,19H,2,5-7,10-12H2,1H3,(H,20,21);1H. The monoisotopic (exact) mass is 338 g/mol. The molecule has 1 aromatic rings. The predicted octanol–water partition coefficient (Wildman–Crippen LogP) is 2.84. The Morgan fingerprint density at radius 3 is 2.48 bits per heavy atom. The maximum absolute atomic E-state index is 12.1. The number of rotatable bonds is 6. The number of halogens is 1. The van der Waals surface area contributed by atoms with E-state index in [0.29, 0.717) is 31.2 Å². The van der Waals surface area contributed by atoms with Crippen LogP contribution < -0.4 is 15.4 Å². The number of aryl methyl sites for hydroxylation is 1. The second kappa shape index (κ2) is 8.55. The van der Waals surface area contributed by atoms with Gasteiger partial charge in [0.2, 0.25) is 5.91 Å². The van der Waals surface area contributed by atoms with Crippen LogP contribution in [0, 0.1) is 0 Å². The van der Waals surface area contributed by atoms with E-state index < -0.39 is 0 Å². The first kappa shape index (κ1) is 18.1. The van der Waals surface area contributed by atoms with Crippen LogP contribution in [0.4, 0.5) is 0 Å². The highest BCUT2D eigenvalue weighted by Crippen LogP contribution is 2.26. The van der Waals surface area contributed by atoms with Crippen molar-refractivity contribution in [3.8, 4) is 5.75 Å². The lowest BCUT2D eigenvalue weighted by atomic mass is 9.99. The van der Waals surface area contributed by atoms with Crippen LogP contribution in [0.3, 0.4) is 0 Å². The van der Waals surface area contributed by atoms with Gasteiger partial charge in [0.05, 0.1) is 6.61 Å². The number of nitrogens with one attached hydrogen (secondary N) is 2. The summed E-state index contributed by atoms with van der Waals surface area (Å²) in [4.78, 5) is 12.1. The Morgan fingerprint density at radius 1 is 1.22 bits per heavy atom. The third-order valence-electron chi connectivity index (χ3n) is 4.71. The highest BCUT2D eigenvalue weighted by atomic mass is 35.5. The summed E-state index contributed by atoms with van der Waals surface area (Å²) in [6.45, 7) is 2.66. The maximum atomic E-state index is 12.1. The highest BCUT2D eigenvalue weighted by molar-refractivity contribution is 5.85. The van der Waals surface area contributed by atoms with Crippen molar-refractivity contribution in [2.75, 3.05) is 6.61 Å². The summed E-state index contributed by atoms with van der Waals surface area (Å²) in [5, 5.41) is 6.82. The first-order chi connectivity index (χ1) is 10.7. The molecule has 4 nitrogen and oxygen atoms in total. The molecule has 2 saturated heterocycles. The van der Waals surface area contributed by atoms with Gasteiger partial charge in [-0.2, -0.15) is 0 Å². The van der Waals surface area contributed by atoms with Gasteiger partial charge in [0, 0.05) is 24.5 Å². The fraction of sp³-hybridized carbons (Fsp3) is 0.611. The van der Waals surface area contributed by atoms with Gasteiger partial charge in [0.25, 0.3) is 0 Å². The van der Waals surface area contributed by atoms with Crippen LogP contribution in [0.2, 0.25) is 0 Å². The molecule has 0 aromatic heterocycles. The van der Waals surface area contributed by atoms with Crippen LogP contribution >= 0.6 is 12.4 Å². The van der Waals surface area contributed by atoms with E-state index >= 15 is 0 Å². The molecule has 2 fully saturated rings. The molecule has 2 unspecified atom stereocenters. The number of amides is 1. The zero-order valence-corrected chi connectivity index (χ0v) is 14.5. The largest absolute Gasteiger partial charge is 0.494 e. The van der Waals surface area contributed by atoms with Gasteiger partial charge in [-0.3, -0.25) is 4.79 Å². The molecule has 0 radical (unpaired) electrons. The first-order valence-electron chi connectivity index (χ1n) is 8.50. The number of carbonyl (C=O) groups is 1. The number of hydrogen-bond acceptors (Lipinski definition) is 3. The minimum absolute atomic E-state index is 0. The first-order valence-corrected chi connectivity index (χ1v) is 8.50. The van der Waals surface area contributed by atoms with E-state index in [9.17, 15) is 4.79 Å². The summed E-state index contributed by atoms with van der Waals surface area (Å²) in [6.07, 6.45) is 6.06. The van der Waals surface area contributed by atoms with Crippen LogP contribution in [0.5, 0.6) is 5.75 Å². The van der Waals surface area contributed by atoms with Gasteiger partial charge in [-0.1, -0.05) is 12.1 Å². The third-order valence-corrected chi connectivity index (χ3v) is 4.71. The van der Waals surface area contributed by atoms with E-state index in [-0.39, 0.29) is 18.3 Å². The maximum Gasteiger partial charge on any atom is 0.220 e. The average molecular weight is 339 g/mol. The number of carbonyl (C=O) groups excluding carboxylic acids is 1. The van der Waals surface area contributed by atoms with E-state index in [1.165, 1.54) is 18.4 Å². The van der Waals surface area contributed by atoms with Crippen LogP contribution in [0.15, 0.2) is 24.3 Å². The van der Waals surface area contributed by atoms with Gasteiger partial charge in [0.15, 0.2) is 0 Å². The van der Waals surface area contributed by atoms with Crippen molar-refractivity contribution in [3.63, 3.8) is 0 Å². The molecule has 2 atom stereocenters. The number of hydrogen-bond donors (Lipinski definition) is 2. The number of piperidine rings is 1. The van der Waals surface area contributed by atoms with Crippen molar-refractivity contribution in [3.05, 3.63) is 29.8 Å². The summed E-state index contributed by atoms with van der Waals surface area (Å²) in [5.41, 5.74) is 1.18. The van der Waals surface area contributed by atoms with Crippen molar-refractivity contribution in [2.24, 2.45) is 0 Å². The van der Waals surface area contributed by atoms with Gasteiger partial charge in [-0.15, -0.1) is 12.4 Å². The van der Waals surface area contributed by atoms with E-state index in [0.717, 1.165) is 25.0 Å². The Morgan fingerprint density at radius 2 is 1.87 bits per heavy atom. The van der Waals surface area contributed by atoms with Crippen LogP contribution in [-0.4, -0.2) is 30.6 Å². The minimum atomic E-state index is 0. The molecule has 23 heavy (non-hydrogen) atoms. The third kappa shape index (κ3) is 5.11. The lowest BCUT2D eigenvalue weighted by molar-refractivity contribution is -0.122. The molecule has 1 aromatic carbocycles. The summed E-state index contributed by atoms with van der Waals surface area (Å²) >= 11 is 0. The van der Waals surface area contributed by atoms with Gasteiger partial charge >= 0.3 is 0 Å². The van der Waals surface area contributed by atoms with Gasteiger partial charge in [-0.05, 0) is 56.7 Å². The predicted molar refractivity (Wildman–Crippen MR) is 94.3 cm³/mol. The Balaban J connectivity index is 0.00000192. The zero-order valence-electron chi connectivity index (χ0n) is 13.7. The minimum Gasteiger partial charge on any atom is -0.494 e. The van der Waals surface area contributed by atoms with Crippen molar-refractivity contribution >= 4 is 18.3 Å². The van der Waals surface area contributed by atoms with Gasteiger partial charge < -0.3 is 15.4 Å². The van der Waals surface area contributed by atoms with E-state index in [1.807, 2.05) is 31.2 Å². The van der Waals surface area contributed by atoms with E-state index in [1.54, 1.807) is 0 Å². The topological polar surface area (TPSA) is 50.4 Å². The molecule has 3 rings (SSSR count). The average Bonchev–Trinajstić information content (AvgIpc) is 2.86. The fourth-order valence-electron chi connectivity index (χ4n) is 3.65. The molecule has 5 heteroatoms. The Kier molecular flexibility index (Phi) is 6.72. The van der Waals surface area contributed by atoms with Crippen molar-refractivity contribution in [1.82, 2.24) is 10.6 Å². The molecular weight excluding hydrogens is 312 g/mol. The molecule has 2 heterocycles. The summed E-state index contributed by atoms with van der Waals surface area (Å²) < 4.78 is 5.43. The Bertz CT molecular complexity index is 494. The number of benzene rings is 1. The normalized spacial score (nSPS) is 25.5. The molecule has 2 aliphatic heterocycles. The summed E-state index contributed by atoms with van der Waals surface area (Å²) in [7, 11) is 0. The summed E-state index contributed by atoms with van der Waals surface area (Å²) in [5.74, 6) is 1.07. The quantitative estimate of drug-likeness (QED) is 0.838. The fourth-order valence-corrected chi connectivity index (χ4v) is 3.65.